The van der Waals surface area contributed by atoms with Crippen molar-refractivity contribution in [2.75, 3.05) is 20.2 Å². The van der Waals surface area contributed by atoms with E-state index in [1.165, 1.54) is 7.11 Å². The first-order valence-corrected chi connectivity index (χ1v) is 8.26. The zero-order chi connectivity index (χ0) is 15.9. The van der Waals surface area contributed by atoms with Gasteiger partial charge < -0.3 is 15.4 Å². The largest absolute Gasteiger partial charge is 0.496 e. The van der Waals surface area contributed by atoms with Crippen LogP contribution in [0.5, 0.6) is 5.75 Å². The Morgan fingerprint density at radius 3 is 2.83 bits per heavy atom. The summed E-state index contributed by atoms with van der Waals surface area (Å²) in [5.41, 5.74) is 0.502. The topological polar surface area (TPSA) is 67.4 Å². The standard InChI is InChI=1S/C16H21BrN2O3.ClH/c1-22-15-6-4-11(17)9-13(15)14(20)5-7-16(21)19-10-12-3-2-8-18-12;/h4,6,9,12,18H,2-3,5,7-8,10H2,1H3,(H,19,21);1H. The third-order valence-electron chi connectivity index (χ3n) is 3.75. The number of methoxy groups -OCH3 is 1. The first-order valence-electron chi connectivity index (χ1n) is 7.47. The number of ketones is 1. The normalized spacial score (nSPS) is 16.5. The molecule has 23 heavy (non-hydrogen) atoms. The first-order chi connectivity index (χ1) is 10.6. The van der Waals surface area contributed by atoms with Crippen LogP contribution in [0.4, 0.5) is 0 Å². The van der Waals surface area contributed by atoms with Crippen LogP contribution < -0.4 is 15.4 Å². The molecule has 7 heteroatoms. The molecule has 1 unspecified atom stereocenters. The number of rotatable bonds is 7. The maximum absolute atomic E-state index is 12.2. The number of carbonyl (C=O) groups excluding carboxylic acids is 2. The van der Waals surface area contributed by atoms with Gasteiger partial charge in [0.1, 0.15) is 5.75 Å². The molecule has 5 nitrogen and oxygen atoms in total. The molecular formula is C16H22BrClN2O3. The summed E-state index contributed by atoms with van der Waals surface area (Å²) in [6.45, 7) is 1.65. The number of amides is 1. The summed E-state index contributed by atoms with van der Waals surface area (Å²) >= 11 is 3.34. The Kier molecular flexibility index (Phi) is 8.58. The molecule has 1 atom stereocenters. The van der Waals surface area contributed by atoms with Crippen LogP contribution in [0.3, 0.4) is 0 Å². The number of ether oxygens (including phenoxy) is 1. The molecular weight excluding hydrogens is 384 g/mol. The fourth-order valence-corrected chi connectivity index (χ4v) is 2.88. The van der Waals surface area contributed by atoms with Gasteiger partial charge >= 0.3 is 0 Å². The van der Waals surface area contributed by atoms with Gasteiger partial charge in [-0.1, -0.05) is 15.9 Å². The SMILES string of the molecule is COc1ccc(Br)cc1C(=O)CCC(=O)NCC1CCCN1.Cl. The highest BCUT2D eigenvalue weighted by molar-refractivity contribution is 9.10. The van der Waals surface area contributed by atoms with Crippen molar-refractivity contribution in [1.29, 1.82) is 0 Å². The lowest BCUT2D eigenvalue weighted by Gasteiger charge is -2.11. The van der Waals surface area contributed by atoms with E-state index in [-0.39, 0.29) is 36.9 Å². The molecule has 1 aromatic carbocycles. The number of Topliss-reactive ketones (excluding diaryl/α,β-unsaturated/α-hetero) is 1. The lowest BCUT2D eigenvalue weighted by atomic mass is 10.1. The van der Waals surface area contributed by atoms with Gasteiger partial charge in [-0.25, -0.2) is 0 Å². The second kappa shape index (κ2) is 9.90. The monoisotopic (exact) mass is 404 g/mol. The van der Waals surface area contributed by atoms with E-state index in [1.54, 1.807) is 12.1 Å². The van der Waals surface area contributed by atoms with Crippen molar-refractivity contribution in [2.24, 2.45) is 0 Å². The molecule has 1 aliphatic heterocycles. The van der Waals surface area contributed by atoms with E-state index in [9.17, 15) is 9.59 Å². The lowest BCUT2D eigenvalue weighted by Crippen LogP contribution is -2.37. The number of hydrogen-bond donors (Lipinski definition) is 2. The minimum absolute atomic E-state index is 0. The Labute approximate surface area is 151 Å². The number of benzene rings is 1. The van der Waals surface area contributed by atoms with E-state index in [4.69, 9.17) is 4.74 Å². The summed E-state index contributed by atoms with van der Waals surface area (Å²) in [5.74, 6) is 0.354. The Bertz CT molecular complexity index is 548. The van der Waals surface area contributed by atoms with Gasteiger partial charge in [-0.05, 0) is 37.6 Å². The minimum Gasteiger partial charge on any atom is -0.496 e. The smallest absolute Gasteiger partial charge is 0.220 e. The third-order valence-corrected chi connectivity index (χ3v) is 4.24. The molecule has 128 valence electrons. The molecule has 0 saturated carbocycles. The Morgan fingerprint density at radius 1 is 1.39 bits per heavy atom. The number of halogens is 2. The van der Waals surface area contributed by atoms with Gasteiger partial charge in [-0.15, -0.1) is 12.4 Å². The quantitative estimate of drug-likeness (QED) is 0.685. The van der Waals surface area contributed by atoms with Crippen LogP contribution in [-0.4, -0.2) is 37.9 Å². The van der Waals surface area contributed by atoms with Crippen molar-refractivity contribution in [3.63, 3.8) is 0 Å². The molecule has 0 spiro atoms. The van der Waals surface area contributed by atoms with Crippen LogP contribution in [-0.2, 0) is 4.79 Å². The predicted octanol–water partition coefficient (Wildman–Crippen LogP) is 2.71. The van der Waals surface area contributed by atoms with Crippen molar-refractivity contribution in [3.05, 3.63) is 28.2 Å². The molecule has 1 aliphatic rings. The van der Waals surface area contributed by atoms with Crippen molar-refractivity contribution in [3.8, 4) is 5.75 Å². The molecule has 0 aromatic heterocycles. The van der Waals surface area contributed by atoms with Crippen LogP contribution >= 0.6 is 28.3 Å². The van der Waals surface area contributed by atoms with Gasteiger partial charge in [0, 0.05) is 29.9 Å². The number of hydrogen-bond acceptors (Lipinski definition) is 4. The summed E-state index contributed by atoms with van der Waals surface area (Å²) in [4.78, 5) is 24.1. The second-order valence-corrected chi connectivity index (χ2v) is 6.28. The van der Waals surface area contributed by atoms with Gasteiger partial charge in [-0.2, -0.15) is 0 Å². The van der Waals surface area contributed by atoms with Crippen LogP contribution in [0.15, 0.2) is 22.7 Å². The molecule has 1 heterocycles. The van der Waals surface area contributed by atoms with E-state index >= 15 is 0 Å². The molecule has 1 amide bonds. The van der Waals surface area contributed by atoms with E-state index in [2.05, 4.69) is 26.6 Å². The van der Waals surface area contributed by atoms with Crippen molar-refractivity contribution in [1.82, 2.24) is 10.6 Å². The second-order valence-electron chi connectivity index (χ2n) is 5.37. The van der Waals surface area contributed by atoms with Crippen LogP contribution in [0.1, 0.15) is 36.0 Å². The molecule has 2 rings (SSSR count). The minimum atomic E-state index is -0.0905. The fourth-order valence-electron chi connectivity index (χ4n) is 2.52. The molecule has 1 aromatic rings. The highest BCUT2D eigenvalue weighted by Gasteiger charge is 2.17. The summed E-state index contributed by atoms with van der Waals surface area (Å²) in [6, 6.07) is 5.64. The van der Waals surface area contributed by atoms with E-state index in [0.717, 1.165) is 23.9 Å². The molecule has 0 aliphatic carbocycles. The van der Waals surface area contributed by atoms with Crippen molar-refractivity contribution in [2.45, 2.75) is 31.7 Å². The molecule has 0 bridgehead atoms. The Balaban J connectivity index is 0.00000264. The average molecular weight is 406 g/mol. The highest BCUT2D eigenvalue weighted by Crippen LogP contribution is 2.24. The molecule has 2 N–H and O–H groups in total. The average Bonchev–Trinajstić information content (AvgIpc) is 3.04. The van der Waals surface area contributed by atoms with E-state index in [1.807, 2.05) is 6.07 Å². The zero-order valence-corrected chi connectivity index (χ0v) is 15.5. The summed E-state index contributed by atoms with van der Waals surface area (Å²) in [7, 11) is 1.53. The third kappa shape index (κ3) is 6.12. The predicted molar refractivity (Wildman–Crippen MR) is 95.5 cm³/mol. The highest BCUT2D eigenvalue weighted by atomic mass is 79.9. The number of carbonyl (C=O) groups is 2. The molecule has 1 saturated heterocycles. The van der Waals surface area contributed by atoms with Crippen molar-refractivity contribution >= 4 is 40.0 Å². The van der Waals surface area contributed by atoms with Crippen LogP contribution in [0.25, 0.3) is 0 Å². The van der Waals surface area contributed by atoms with E-state index < -0.39 is 0 Å². The van der Waals surface area contributed by atoms with Crippen molar-refractivity contribution < 1.29 is 14.3 Å². The molecule has 0 radical (unpaired) electrons. The van der Waals surface area contributed by atoms with Gasteiger partial charge in [-0.3, -0.25) is 9.59 Å². The molecule has 1 fully saturated rings. The van der Waals surface area contributed by atoms with Crippen LogP contribution in [0.2, 0.25) is 0 Å². The van der Waals surface area contributed by atoms with E-state index in [0.29, 0.717) is 23.9 Å². The van der Waals surface area contributed by atoms with Crippen LogP contribution in [0, 0.1) is 0 Å². The van der Waals surface area contributed by atoms with Gasteiger partial charge in [0.15, 0.2) is 5.78 Å². The summed E-state index contributed by atoms with van der Waals surface area (Å²) < 4.78 is 6.01. The zero-order valence-electron chi connectivity index (χ0n) is 13.1. The number of nitrogens with one attached hydrogen (secondary N) is 2. The lowest BCUT2D eigenvalue weighted by molar-refractivity contribution is -0.121. The maximum Gasteiger partial charge on any atom is 0.220 e. The van der Waals surface area contributed by atoms with Gasteiger partial charge in [0.2, 0.25) is 5.91 Å². The maximum atomic E-state index is 12.2. The summed E-state index contributed by atoms with van der Waals surface area (Å²) in [6.07, 6.45) is 2.62. The van der Waals surface area contributed by atoms with Gasteiger partial charge in [0.05, 0.1) is 12.7 Å². The fraction of sp³-hybridized carbons (Fsp3) is 0.500. The summed E-state index contributed by atoms with van der Waals surface area (Å²) in [5, 5.41) is 6.20. The van der Waals surface area contributed by atoms with Gasteiger partial charge in [0.25, 0.3) is 0 Å². The Morgan fingerprint density at radius 2 is 2.17 bits per heavy atom. The first kappa shape index (κ1) is 19.9. The Hall–Kier alpha value is -1.11.